The molecule has 0 saturated carbocycles. The van der Waals surface area contributed by atoms with Crippen LogP contribution in [0.25, 0.3) is 44.4 Å². The van der Waals surface area contributed by atoms with Crippen molar-refractivity contribution in [3.8, 4) is 34.1 Å². The van der Waals surface area contributed by atoms with Crippen molar-refractivity contribution in [2.45, 2.75) is 79.1 Å². The number of hydrogen-bond donors (Lipinski definition) is 0. The molecule has 7 rings (SSSR count). The van der Waals surface area contributed by atoms with Crippen LogP contribution in [0.1, 0.15) is 83.6 Å². The Morgan fingerprint density at radius 2 is 1.39 bits per heavy atom. The van der Waals surface area contributed by atoms with Gasteiger partial charge < -0.3 is 4.74 Å². The van der Waals surface area contributed by atoms with E-state index in [4.69, 9.17) is 14.8 Å². The van der Waals surface area contributed by atoms with Crippen LogP contribution in [0.5, 0.6) is 11.5 Å². The van der Waals surface area contributed by atoms with Crippen LogP contribution in [-0.2, 0) is 10.8 Å². The molecule has 0 N–H and O–H groups in total. The minimum absolute atomic E-state index is 0.0166. The molecule has 0 saturated heterocycles. The summed E-state index contributed by atoms with van der Waals surface area (Å²) in [5, 5.41) is 7.21. The Kier molecular flexibility index (Phi) is 7.98. The monoisotopic (exact) mass is 646 g/mol. The lowest BCUT2D eigenvalue weighted by molar-refractivity contribution is 0.483. The zero-order chi connectivity index (χ0) is 34.7. The maximum atomic E-state index is 6.55. The predicted molar refractivity (Wildman–Crippen MR) is 204 cm³/mol. The van der Waals surface area contributed by atoms with Crippen LogP contribution >= 0.6 is 0 Å². The van der Waals surface area contributed by atoms with Crippen molar-refractivity contribution in [2.75, 3.05) is 0 Å². The average molecular weight is 647 g/mol. The van der Waals surface area contributed by atoms with Crippen molar-refractivity contribution in [3.05, 3.63) is 132 Å². The van der Waals surface area contributed by atoms with E-state index in [1.807, 2.05) is 29.2 Å². The average Bonchev–Trinajstić information content (AvgIpc) is 3.67. The summed E-state index contributed by atoms with van der Waals surface area (Å²) in [4.78, 5) is 4.80. The number of aryl methyl sites for hydroxylation is 1. The van der Waals surface area contributed by atoms with Gasteiger partial charge in [0.05, 0.1) is 22.9 Å². The number of hydrogen-bond acceptors (Lipinski definition) is 3. The molecular weight excluding hydrogens is 601 g/mol. The highest BCUT2D eigenvalue weighted by Gasteiger charge is 2.27. The number of aromatic nitrogens is 4. The summed E-state index contributed by atoms with van der Waals surface area (Å²) in [6.45, 7) is 20.4. The largest absolute Gasteiger partial charge is 0.457 e. The van der Waals surface area contributed by atoms with Crippen LogP contribution in [0.3, 0.4) is 0 Å². The summed E-state index contributed by atoms with van der Waals surface area (Å²) in [7, 11) is 0. The first-order valence-corrected chi connectivity index (χ1v) is 17.3. The zero-order valence-electron chi connectivity index (χ0n) is 30.2. The van der Waals surface area contributed by atoms with Crippen molar-refractivity contribution >= 4 is 21.8 Å². The normalized spacial score (nSPS) is 12.4. The Bertz CT molecular complexity index is 2290. The number of fused-ring (bicyclic) bond motifs is 3. The number of nitrogens with zero attached hydrogens (tertiary/aromatic N) is 4. The second-order valence-electron chi connectivity index (χ2n) is 15.6. The van der Waals surface area contributed by atoms with Crippen LogP contribution in [-0.4, -0.2) is 19.3 Å². The van der Waals surface area contributed by atoms with Gasteiger partial charge in [0.1, 0.15) is 17.3 Å². The fourth-order valence-corrected chi connectivity index (χ4v) is 6.88. The molecule has 4 aromatic carbocycles. The molecule has 3 aromatic heterocycles. The summed E-state index contributed by atoms with van der Waals surface area (Å²) in [5.41, 5.74) is 10.7. The summed E-state index contributed by atoms with van der Waals surface area (Å²) in [6.07, 6.45) is 6.05. The van der Waals surface area contributed by atoms with Crippen LogP contribution in [0.2, 0.25) is 0 Å². The minimum atomic E-state index is -0.0166. The lowest BCUT2D eigenvalue weighted by Gasteiger charge is -2.30. The van der Waals surface area contributed by atoms with Crippen molar-refractivity contribution < 1.29 is 4.74 Å². The number of ether oxygens (including phenoxy) is 1. The predicted octanol–water partition coefficient (Wildman–Crippen LogP) is 11.9. The molecule has 3 heterocycles. The maximum Gasteiger partial charge on any atom is 0.137 e. The highest BCUT2D eigenvalue weighted by molar-refractivity contribution is 6.09. The van der Waals surface area contributed by atoms with Crippen molar-refractivity contribution in [1.29, 1.82) is 0 Å². The first kappa shape index (κ1) is 32.4. The molecule has 0 fully saturated rings. The van der Waals surface area contributed by atoms with Gasteiger partial charge in [0.15, 0.2) is 0 Å². The molecule has 5 heteroatoms. The Hall–Kier alpha value is -5.16. The molecule has 0 spiro atoms. The van der Waals surface area contributed by atoms with Gasteiger partial charge in [-0.15, -0.1) is 0 Å². The fourth-order valence-electron chi connectivity index (χ4n) is 6.88. The van der Waals surface area contributed by atoms with E-state index in [9.17, 15) is 0 Å². The van der Waals surface area contributed by atoms with E-state index in [1.54, 1.807) is 0 Å². The third-order valence-electron chi connectivity index (χ3n) is 9.40. The molecule has 49 heavy (non-hydrogen) atoms. The molecule has 0 radical (unpaired) electrons. The zero-order valence-corrected chi connectivity index (χ0v) is 30.2. The third kappa shape index (κ3) is 6.14. The Labute approximate surface area is 290 Å². The highest BCUT2D eigenvalue weighted by atomic mass is 16.5. The van der Waals surface area contributed by atoms with Crippen molar-refractivity contribution in [2.24, 2.45) is 0 Å². The molecule has 0 aliphatic heterocycles. The minimum Gasteiger partial charge on any atom is -0.457 e. The molecule has 248 valence electrons. The van der Waals surface area contributed by atoms with E-state index in [0.717, 1.165) is 45.0 Å². The van der Waals surface area contributed by atoms with Crippen LogP contribution < -0.4 is 4.74 Å². The van der Waals surface area contributed by atoms with Crippen molar-refractivity contribution in [1.82, 2.24) is 19.3 Å². The van der Waals surface area contributed by atoms with E-state index in [-0.39, 0.29) is 10.8 Å². The van der Waals surface area contributed by atoms with Crippen LogP contribution in [0.15, 0.2) is 110 Å². The van der Waals surface area contributed by atoms with Gasteiger partial charge in [0, 0.05) is 40.9 Å². The topological polar surface area (TPSA) is 44.9 Å². The summed E-state index contributed by atoms with van der Waals surface area (Å²) in [6, 6.07) is 31.9. The van der Waals surface area contributed by atoms with Gasteiger partial charge in [-0.05, 0) is 88.4 Å². The number of rotatable bonds is 6. The summed E-state index contributed by atoms with van der Waals surface area (Å²) < 4.78 is 10.8. The molecule has 0 atom stereocenters. The van der Waals surface area contributed by atoms with Crippen LogP contribution in [0, 0.1) is 6.92 Å². The number of benzene rings is 4. The van der Waals surface area contributed by atoms with Gasteiger partial charge in [0.25, 0.3) is 0 Å². The lowest BCUT2D eigenvalue weighted by atomic mass is 9.74. The van der Waals surface area contributed by atoms with Gasteiger partial charge in [-0.1, -0.05) is 97.4 Å². The standard InChI is InChI=1S/C44H46N4O/c1-28(2)30-19-20-45-41(23-30)48-39-16-11-10-15-35(39)36-18-17-34(25-40(36)48)49-33-14-12-13-32(24-33)47-27-31(26-46-47)42-37(43(4,5)6)21-29(3)22-38(42)44(7,8)9/h10-28H,1-9H3. The molecule has 0 bridgehead atoms. The highest BCUT2D eigenvalue weighted by Crippen LogP contribution is 2.42. The number of pyridine rings is 1. The molecule has 5 nitrogen and oxygen atoms in total. The SMILES string of the molecule is Cc1cc(C(C)(C)C)c(-c2cnn(-c3cccc(Oc4ccc5c6ccccc6n(-c6cc(C(C)C)ccn6)c5c4)c3)c2)c(C(C)(C)C)c1. The molecular formula is C44H46N4O. The smallest absolute Gasteiger partial charge is 0.137 e. The Balaban J connectivity index is 1.26. The second kappa shape index (κ2) is 12.1. The maximum absolute atomic E-state index is 6.55. The molecule has 0 aliphatic rings. The molecule has 7 aromatic rings. The second-order valence-corrected chi connectivity index (χ2v) is 15.6. The lowest BCUT2D eigenvalue weighted by Crippen LogP contribution is -2.19. The van der Waals surface area contributed by atoms with E-state index in [0.29, 0.717) is 5.92 Å². The molecule has 0 amide bonds. The van der Waals surface area contributed by atoms with Gasteiger partial charge in [-0.25, -0.2) is 9.67 Å². The first-order chi connectivity index (χ1) is 23.3. The van der Waals surface area contributed by atoms with Gasteiger partial charge in [-0.3, -0.25) is 4.57 Å². The van der Waals surface area contributed by atoms with E-state index >= 15 is 0 Å². The summed E-state index contributed by atoms with van der Waals surface area (Å²) >= 11 is 0. The van der Waals surface area contributed by atoms with E-state index in [1.165, 1.54) is 33.2 Å². The third-order valence-corrected chi connectivity index (χ3v) is 9.40. The molecule has 0 aliphatic carbocycles. The first-order valence-electron chi connectivity index (χ1n) is 17.3. The van der Waals surface area contributed by atoms with Gasteiger partial charge in [0.2, 0.25) is 0 Å². The van der Waals surface area contributed by atoms with Gasteiger partial charge >= 0.3 is 0 Å². The van der Waals surface area contributed by atoms with Gasteiger partial charge in [-0.2, -0.15) is 5.10 Å². The quantitative estimate of drug-likeness (QED) is 0.181. The van der Waals surface area contributed by atoms with E-state index < -0.39 is 0 Å². The van der Waals surface area contributed by atoms with E-state index in [2.05, 4.69) is 152 Å². The Morgan fingerprint density at radius 1 is 0.694 bits per heavy atom. The Morgan fingerprint density at radius 3 is 2.10 bits per heavy atom. The van der Waals surface area contributed by atoms with Crippen LogP contribution in [0.4, 0.5) is 0 Å². The number of para-hydroxylation sites is 1. The molecule has 0 unspecified atom stereocenters. The van der Waals surface area contributed by atoms with Crippen molar-refractivity contribution in [3.63, 3.8) is 0 Å². The fraction of sp³-hybridized carbons (Fsp3) is 0.273. The summed E-state index contributed by atoms with van der Waals surface area (Å²) in [5.74, 6) is 2.82.